The van der Waals surface area contributed by atoms with E-state index in [1.54, 1.807) is 0 Å². The van der Waals surface area contributed by atoms with E-state index >= 15 is 0 Å². The Kier molecular flexibility index (Phi) is 6.28. The highest BCUT2D eigenvalue weighted by Gasteiger charge is 2.36. The Bertz CT molecular complexity index is 280. The first kappa shape index (κ1) is 16.7. The van der Waals surface area contributed by atoms with Gasteiger partial charge in [-0.05, 0) is 86.7 Å². The molecule has 0 aromatic carbocycles. The second-order valence-electron chi connectivity index (χ2n) is 8.21. The molecule has 0 heterocycles. The summed E-state index contributed by atoms with van der Waals surface area (Å²) in [5.41, 5.74) is 0.507. The van der Waals surface area contributed by atoms with E-state index in [0.29, 0.717) is 5.41 Å². The molecule has 0 aromatic rings. The highest BCUT2D eigenvalue weighted by Crippen LogP contribution is 2.44. The maximum atomic E-state index is 3.80. The third-order valence-corrected chi connectivity index (χ3v) is 6.23. The second kappa shape index (κ2) is 7.54. The summed E-state index contributed by atoms with van der Waals surface area (Å²) in [6.07, 6.45) is 12.4. The van der Waals surface area contributed by atoms with Crippen molar-refractivity contribution in [1.82, 2.24) is 5.32 Å². The molecular weight excluding hydrogens is 262 g/mol. The van der Waals surface area contributed by atoms with Gasteiger partial charge in [0.15, 0.2) is 0 Å². The first-order chi connectivity index (χ1) is 9.50. The van der Waals surface area contributed by atoms with Gasteiger partial charge in [-0.3, -0.25) is 0 Å². The van der Waals surface area contributed by atoms with E-state index in [9.17, 15) is 0 Å². The molecule has 3 unspecified atom stereocenters. The van der Waals surface area contributed by atoms with Crippen LogP contribution in [0.3, 0.4) is 0 Å². The van der Waals surface area contributed by atoms with Crippen LogP contribution in [-0.2, 0) is 0 Å². The summed E-state index contributed by atoms with van der Waals surface area (Å²) in [4.78, 5) is 0. The van der Waals surface area contributed by atoms with Crippen molar-refractivity contribution >= 4 is 11.8 Å². The van der Waals surface area contributed by atoms with Crippen molar-refractivity contribution in [3.8, 4) is 0 Å². The molecule has 0 bridgehead atoms. The third kappa shape index (κ3) is 5.26. The minimum atomic E-state index is 0.507. The molecule has 0 spiro atoms. The Morgan fingerprint density at radius 3 is 2.40 bits per heavy atom. The van der Waals surface area contributed by atoms with Gasteiger partial charge < -0.3 is 5.32 Å². The Hall–Kier alpha value is 0.310. The second-order valence-corrected chi connectivity index (χ2v) is 9.20. The maximum Gasteiger partial charge on any atom is 0.00683 e. The maximum absolute atomic E-state index is 3.80. The van der Waals surface area contributed by atoms with Crippen LogP contribution >= 0.6 is 11.8 Å². The van der Waals surface area contributed by atoms with Crippen LogP contribution in [0.25, 0.3) is 0 Å². The Morgan fingerprint density at radius 1 is 1.05 bits per heavy atom. The molecule has 3 atom stereocenters. The van der Waals surface area contributed by atoms with Crippen LogP contribution in [0.2, 0.25) is 0 Å². The number of thioether (sulfide) groups is 1. The zero-order valence-electron chi connectivity index (χ0n) is 14.1. The molecule has 0 amide bonds. The van der Waals surface area contributed by atoms with Crippen LogP contribution < -0.4 is 5.32 Å². The quantitative estimate of drug-likeness (QED) is 0.667. The summed E-state index contributed by atoms with van der Waals surface area (Å²) in [5, 5.41) is 3.80. The topological polar surface area (TPSA) is 12.0 Å². The van der Waals surface area contributed by atoms with E-state index in [0.717, 1.165) is 23.8 Å². The van der Waals surface area contributed by atoms with Gasteiger partial charge in [-0.2, -0.15) is 11.8 Å². The van der Waals surface area contributed by atoms with Crippen LogP contribution in [0.15, 0.2) is 0 Å². The predicted molar refractivity (Wildman–Crippen MR) is 92.4 cm³/mol. The van der Waals surface area contributed by atoms with E-state index in [2.05, 4.69) is 32.3 Å². The molecule has 2 rings (SSSR count). The molecule has 0 radical (unpaired) electrons. The fourth-order valence-electron chi connectivity index (χ4n) is 3.83. The van der Waals surface area contributed by atoms with Crippen LogP contribution in [-0.4, -0.2) is 24.6 Å². The average Bonchev–Trinajstić information content (AvgIpc) is 3.20. The molecule has 118 valence electrons. The molecule has 1 N–H and O–H groups in total. The summed E-state index contributed by atoms with van der Waals surface area (Å²) in [7, 11) is 0. The lowest BCUT2D eigenvalue weighted by Crippen LogP contribution is -2.37. The SMILES string of the molecule is CSCCCC1CC(C(C)(C)C)CCC1CNC1CC1. The lowest BCUT2D eigenvalue weighted by Gasteiger charge is -2.42. The highest BCUT2D eigenvalue weighted by molar-refractivity contribution is 7.98. The predicted octanol–water partition coefficient (Wildman–Crippen LogP) is 4.96. The first-order valence-corrected chi connectivity index (χ1v) is 10.1. The largest absolute Gasteiger partial charge is 0.314 e. The van der Waals surface area contributed by atoms with Crippen molar-refractivity contribution in [2.24, 2.45) is 23.2 Å². The zero-order chi connectivity index (χ0) is 14.6. The van der Waals surface area contributed by atoms with E-state index in [4.69, 9.17) is 0 Å². The van der Waals surface area contributed by atoms with Crippen molar-refractivity contribution < 1.29 is 0 Å². The molecule has 2 fully saturated rings. The van der Waals surface area contributed by atoms with Crippen molar-refractivity contribution in [2.75, 3.05) is 18.6 Å². The van der Waals surface area contributed by atoms with Gasteiger partial charge in [-0.1, -0.05) is 20.8 Å². The van der Waals surface area contributed by atoms with Crippen molar-refractivity contribution in [3.63, 3.8) is 0 Å². The fraction of sp³-hybridized carbons (Fsp3) is 1.00. The summed E-state index contributed by atoms with van der Waals surface area (Å²) >= 11 is 2.01. The summed E-state index contributed by atoms with van der Waals surface area (Å²) in [5.74, 6) is 4.22. The van der Waals surface area contributed by atoms with Gasteiger partial charge in [0.2, 0.25) is 0 Å². The highest BCUT2D eigenvalue weighted by atomic mass is 32.2. The normalized spacial score (nSPS) is 31.5. The molecule has 0 saturated heterocycles. The minimum Gasteiger partial charge on any atom is -0.314 e. The summed E-state index contributed by atoms with van der Waals surface area (Å²) < 4.78 is 0. The Morgan fingerprint density at radius 2 is 1.80 bits per heavy atom. The van der Waals surface area contributed by atoms with Gasteiger partial charge >= 0.3 is 0 Å². The van der Waals surface area contributed by atoms with Crippen molar-refractivity contribution in [3.05, 3.63) is 0 Å². The fourth-order valence-corrected chi connectivity index (χ4v) is 4.29. The molecule has 2 aliphatic rings. The molecule has 0 aromatic heterocycles. The number of rotatable bonds is 7. The van der Waals surface area contributed by atoms with Crippen molar-refractivity contribution in [1.29, 1.82) is 0 Å². The van der Waals surface area contributed by atoms with Crippen LogP contribution in [0.4, 0.5) is 0 Å². The average molecular weight is 298 g/mol. The van der Waals surface area contributed by atoms with E-state index in [1.807, 2.05) is 11.8 Å². The van der Waals surface area contributed by atoms with Gasteiger partial charge in [0, 0.05) is 6.04 Å². The molecule has 0 aliphatic heterocycles. The molecular formula is C18H35NS. The number of nitrogens with one attached hydrogen (secondary N) is 1. The third-order valence-electron chi connectivity index (χ3n) is 5.53. The Balaban J connectivity index is 1.84. The van der Waals surface area contributed by atoms with Gasteiger partial charge in [-0.25, -0.2) is 0 Å². The van der Waals surface area contributed by atoms with Gasteiger partial charge in [-0.15, -0.1) is 0 Å². The lowest BCUT2D eigenvalue weighted by atomic mass is 9.64. The monoisotopic (exact) mass is 297 g/mol. The van der Waals surface area contributed by atoms with E-state index in [-0.39, 0.29) is 0 Å². The zero-order valence-corrected chi connectivity index (χ0v) is 14.9. The van der Waals surface area contributed by atoms with Crippen LogP contribution in [0, 0.1) is 23.2 Å². The van der Waals surface area contributed by atoms with Gasteiger partial charge in [0.1, 0.15) is 0 Å². The van der Waals surface area contributed by atoms with E-state index in [1.165, 1.54) is 57.2 Å². The molecule has 2 heteroatoms. The van der Waals surface area contributed by atoms with Crippen LogP contribution in [0.1, 0.15) is 65.7 Å². The Labute approximate surface area is 131 Å². The van der Waals surface area contributed by atoms with Crippen LogP contribution in [0.5, 0.6) is 0 Å². The summed E-state index contributed by atoms with van der Waals surface area (Å²) in [6, 6.07) is 0.877. The minimum absolute atomic E-state index is 0.507. The van der Waals surface area contributed by atoms with Gasteiger partial charge in [0.05, 0.1) is 0 Å². The lowest BCUT2D eigenvalue weighted by molar-refractivity contribution is 0.0921. The number of hydrogen-bond donors (Lipinski definition) is 1. The first-order valence-electron chi connectivity index (χ1n) is 8.73. The van der Waals surface area contributed by atoms with E-state index < -0.39 is 0 Å². The smallest absolute Gasteiger partial charge is 0.00683 e. The molecule has 20 heavy (non-hydrogen) atoms. The van der Waals surface area contributed by atoms with Crippen molar-refractivity contribution in [2.45, 2.75) is 71.8 Å². The summed E-state index contributed by atoms with van der Waals surface area (Å²) in [6.45, 7) is 8.63. The molecule has 1 nitrogen and oxygen atoms in total. The molecule has 2 saturated carbocycles. The van der Waals surface area contributed by atoms with Gasteiger partial charge in [0.25, 0.3) is 0 Å². The molecule has 2 aliphatic carbocycles. The standard InChI is InChI=1S/C18H35NS/c1-18(2,3)16-8-7-15(13-19-17-9-10-17)14(12-16)6-5-11-20-4/h14-17,19H,5-13H2,1-4H3. The number of hydrogen-bond acceptors (Lipinski definition) is 2.